The standard InChI is InChI=1S/C23H28N2O5.H2/c1-16-12-17(7-8-18(16)28-14-22(2,3)27)21(26)25-11-9-23(19-6-4-5-10-24-19)20(13-25)29-15-30-23;/h4-8,10,12,20,27H,9,11,13-15H2,1-3H3;1H. The Morgan fingerprint density at radius 3 is 2.93 bits per heavy atom. The van der Waals surface area contributed by atoms with Crippen LogP contribution in [0.15, 0.2) is 42.6 Å². The first-order chi connectivity index (χ1) is 14.3. The first-order valence-corrected chi connectivity index (χ1v) is 10.2. The molecule has 0 bridgehead atoms. The summed E-state index contributed by atoms with van der Waals surface area (Å²) in [5.41, 5.74) is 0.794. The van der Waals surface area contributed by atoms with Gasteiger partial charge in [0.05, 0.1) is 17.8 Å². The van der Waals surface area contributed by atoms with Gasteiger partial charge >= 0.3 is 0 Å². The topological polar surface area (TPSA) is 81.1 Å². The fourth-order valence-electron chi connectivity index (χ4n) is 4.02. The van der Waals surface area contributed by atoms with E-state index in [0.29, 0.717) is 30.8 Å². The largest absolute Gasteiger partial charge is 0.490 e. The molecule has 2 aliphatic heterocycles. The van der Waals surface area contributed by atoms with E-state index in [0.717, 1.165) is 11.3 Å². The quantitative estimate of drug-likeness (QED) is 0.810. The molecule has 1 N–H and O–H groups in total. The molecule has 1 aromatic carbocycles. The number of carbonyl (C=O) groups is 1. The Morgan fingerprint density at radius 1 is 1.40 bits per heavy atom. The zero-order valence-electron chi connectivity index (χ0n) is 17.6. The molecule has 30 heavy (non-hydrogen) atoms. The molecule has 0 saturated carbocycles. The Labute approximate surface area is 178 Å². The summed E-state index contributed by atoms with van der Waals surface area (Å²) in [6.45, 7) is 6.67. The molecular formula is C23H30N2O5. The first kappa shape index (κ1) is 20.8. The van der Waals surface area contributed by atoms with E-state index in [2.05, 4.69) is 4.98 Å². The highest BCUT2D eigenvalue weighted by Gasteiger charge is 2.52. The number of ether oxygens (including phenoxy) is 3. The zero-order valence-corrected chi connectivity index (χ0v) is 17.6. The van der Waals surface area contributed by atoms with Crippen molar-refractivity contribution in [2.24, 2.45) is 0 Å². The van der Waals surface area contributed by atoms with Crippen LogP contribution >= 0.6 is 0 Å². The van der Waals surface area contributed by atoms with Crippen LogP contribution in [0.3, 0.4) is 0 Å². The summed E-state index contributed by atoms with van der Waals surface area (Å²) < 4.78 is 17.5. The molecule has 2 fully saturated rings. The van der Waals surface area contributed by atoms with Crippen molar-refractivity contribution in [3.63, 3.8) is 0 Å². The van der Waals surface area contributed by atoms with Crippen molar-refractivity contribution in [2.75, 3.05) is 26.5 Å². The van der Waals surface area contributed by atoms with Crippen LogP contribution in [0.1, 0.15) is 43.3 Å². The number of likely N-dealkylation sites (tertiary alicyclic amines) is 1. The molecule has 3 heterocycles. The minimum Gasteiger partial charge on any atom is -0.490 e. The smallest absolute Gasteiger partial charge is 0.253 e. The van der Waals surface area contributed by atoms with Gasteiger partial charge in [-0.25, -0.2) is 0 Å². The van der Waals surface area contributed by atoms with Gasteiger partial charge in [0.1, 0.15) is 30.9 Å². The predicted molar refractivity (Wildman–Crippen MR) is 112 cm³/mol. The van der Waals surface area contributed by atoms with Gasteiger partial charge in [-0.2, -0.15) is 0 Å². The molecule has 1 aromatic heterocycles. The van der Waals surface area contributed by atoms with Gasteiger partial charge in [0.25, 0.3) is 5.91 Å². The number of pyridine rings is 1. The molecule has 0 spiro atoms. The van der Waals surface area contributed by atoms with Gasteiger partial charge < -0.3 is 24.2 Å². The van der Waals surface area contributed by atoms with Crippen LogP contribution in [-0.2, 0) is 15.1 Å². The number of carbonyl (C=O) groups excluding carboxylic acids is 1. The number of amides is 1. The molecule has 2 unspecified atom stereocenters. The maximum atomic E-state index is 13.1. The van der Waals surface area contributed by atoms with Crippen LogP contribution in [0.5, 0.6) is 5.75 Å². The van der Waals surface area contributed by atoms with E-state index in [9.17, 15) is 9.90 Å². The highest BCUT2D eigenvalue weighted by Crippen LogP contribution is 2.41. The number of fused-ring (bicyclic) bond motifs is 1. The van der Waals surface area contributed by atoms with Crippen LogP contribution in [0.25, 0.3) is 0 Å². The van der Waals surface area contributed by atoms with E-state index < -0.39 is 11.2 Å². The van der Waals surface area contributed by atoms with Crippen molar-refractivity contribution in [3.8, 4) is 5.75 Å². The molecule has 2 atom stereocenters. The fraction of sp³-hybridized carbons (Fsp3) is 0.478. The number of rotatable bonds is 5. The fourth-order valence-corrected chi connectivity index (χ4v) is 4.02. The van der Waals surface area contributed by atoms with Gasteiger partial charge in [-0.05, 0) is 56.7 Å². The summed E-state index contributed by atoms with van der Waals surface area (Å²) in [5, 5.41) is 9.85. The van der Waals surface area contributed by atoms with Crippen molar-refractivity contribution < 1.29 is 25.5 Å². The number of aromatic nitrogens is 1. The van der Waals surface area contributed by atoms with E-state index in [1.807, 2.05) is 36.1 Å². The van der Waals surface area contributed by atoms with Crippen LogP contribution in [0.4, 0.5) is 0 Å². The molecule has 2 aromatic rings. The maximum Gasteiger partial charge on any atom is 0.253 e. The number of benzene rings is 1. The highest BCUT2D eigenvalue weighted by molar-refractivity contribution is 5.94. The number of aliphatic hydroxyl groups is 1. The average Bonchev–Trinajstić information content (AvgIpc) is 3.16. The van der Waals surface area contributed by atoms with Crippen LogP contribution in [0.2, 0.25) is 0 Å². The highest BCUT2D eigenvalue weighted by atomic mass is 16.7. The van der Waals surface area contributed by atoms with Crippen molar-refractivity contribution in [3.05, 3.63) is 59.4 Å². The number of hydrogen-bond donors (Lipinski definition) is 1. The zero-order chi connectivity index (χ0) is 21.4. The number of hydrogen-bond acceptors (Lipinski definition) is 6. The SMILES string of the molecule is Cc1cc(C(=O)N2CCC3(c4ccccn4)OCOC3C2)ccc1OCC(C)(C)O.[HH]. The molecule has 0 aliphatic carbocycles. The minimum atomic E-state index is -0.918. The van der Waals surface area contributed by atoms with Gasteiger partial charge in [-0.1, -0.05) is 6.07 Å². The van der Waals surface area contributed by atoms with E-state index >= 15 is 0 Å². The van der Waals surface area contributed by atoms with Crippen molar-refractivity contribution in [1.29, 1.82) is 0 Å². The van der Waals surface area contributed by atoms with E-state index in [4.69, 9.17) is 14.2 Å². The average molecular weight is 415 g/mol. The molecule has 162 valence electrons. The monoisotopic (exact) mass is 414 g/mol. The molecular weight excluding hydrogens is 384 g/mol. The van der Waals surface area contributed by atoms with Gasteiger partial charge in [-0.3, -0.25) is 9.78 Å². The third-order valence-corrected chi connectivity index (χ3v) is 5.63. The summed E-state index contributed by atoms with van der Waals surface area (Å²) in [6.07, 6.45) is 2.14. The lowest BCUT2D eigenvalue weighted by molar-refractivity contribution is -0.0470. The van der Waals surface area contributed by atoms with E-state index in [1.165, 1.54) is 0 Å². The van der Waals surface area contributed by atoms with Gasteiger partial charge in [-0.15, -0.1) is 0 Å². The van der Waals surface area contributed by atoms with Crippen LogP contribution < -0.4 is 4.74 Å². The lowest BCUT2D eigenvalue weighted by atomic mass is 9.85. The third-order valence-electron chi connectivity index (χ3n) is 5.63. The lowest BCUT2D eigenvalue weighted by Gasteiger charge is -2.41. The number of nitrogens with zero attached hydrogens (tertiary/aromatic N) is 2. The second kappa shape index (κ2) is 7.98. The second-order valence-electron chi connectivity index (χ2n) is 8.60. The lowest BCUT2D eigenvalue weighted by Crippen LogP contribution is -2.53. The van der Waals surface area contributed by atoms with Crippen LogP contribution in [-0.4, -0.2) is 59.1 Å². The minimum absolute atomic E-state index is 0. The Balaban J connectivity index is 0.00000272. The van der Waals surface area contributed by atoms with Crippen molar-refractivity contribution in [2.45, 2.75) is 44.5 Å². The Kier molecular flexibility index (Phi) is 5.53. The van der Waals surface area contributed by atoms with Crippen molar-refractivity contribution in [1.82, 2.24) is 9.88 Å². The summed E-state index contributed by atoms with van der Waals surface area (Å²) in [5.74, 6) is 0.617. The molecule has 0 radical (unpaired) electrons. The summed E-state index contributed by atoms with van der Waals surface area (Å²) in [4.78, 5) is 19.4. The summed E-state index contributed by atoms with van der Waals surface area (Å²) >= 11 is 0. The maximum absolute atomic E-state index is 13.1. The second-order valence-corrected chi connectivity index (χ2v) is 8.60. The molecule has 4 rings (SSSR count). The number of piperidine rings is 1. The third kappa shape index (κ3) is 4.05. The summed E-state index contributed by atoms with van der Waals surface area (Å²) in [6, 6.07) is 11.1. The van der Waals surface area contributed by atoms with E-state index in [1.54, 1.807) is 32.2 Å². The molecule has 2 saturated heterocycles. The van der Waals surface area contributed by atoms with Crippen LogP contribution in [0, 0.1) is 6.92 Å². The Hall–Kier alpha value is -2.48. The molecule has 7 heteroatoms. The molecule has 1 amide bonds. The van der Waals surface area contributed by atoms with Gasteiger partial charge in [0, 0.05) is 26.2 Å². The number of aryl methyl sites for hydroxylation is 1. The van der Waals surface area contributed by atoms with Gasteiger partial charge in [0.15, 0.2) is 0 Å². The molecule has 2 aliphatic rings. The first-order valence-electron chi connectivity index (χ1n) is 10.2. The van der Waals surface area contributed by atoms with Gasteiger partial charge in [0.2, 0.25) is 0 Å². The normalized spacial score (nSPS) is 23.9. The van der Waals surface area contributed by atoms with E-state index in [-0.39, 0.29) is 26.8 Å². The Morgan fingerprint density at radius 2 is 2.23 bits per heavy atom. The predicted octanol–water partition coefficient (Wildman–Crippen LogP) is 2.90. The summed E-state index contributed by atoms with van der Waals surface area (Å²) in [7, 11) is 0. The molecule has 7 nitrogen and oxygen atoms in total. The Bertz CT molecular complexity index is 918. The van der Waals surface area contributed by atoms with Crippen molar-refractivity contribution >= 4 is 5.91 Å².